The Bertz CT molecular complexity index is 623. The number of aromatic carboxylic acids is 1. The van der Waals surface area contributed by atoms with E-state index in [1.807, 2.05) is 0 Å². The smallest absolute Gasteiger partial charge is 0.358 e. The SMILES string of the molecule is Cc1nc(C)c(-c2c(C(=O)O)nnn2CC(F)F)s1. The number of carboxylic acids is 1. The number of hydrogen-bond acceptors (Lipinski definition) is 5. The van der Waals surface area contributed by atoms with E-state index < -0.39 is 18.9 Å². The zero-order chi connectivity index (χ0) is 14.2. The maximum Gasteiger partial charge on any atom is 0.358 e. The second-order valence-corrected chi connectivity index (χ2v) is 5.02. The molecule has 2 aromatic rings. The van der Waals surface area contributed by atoms with Gasteiger partial charge in [-0.2, -0.15) is 0 Å². The molecule has 19 heavy (non-hydrogen) atoms. The van der Waals surface area contributed by atoms with Crippen molar-refractivity contribution in [2.75, 3.05) is 0 Å². The van der Waals surface area contributed by atoms with Gasteiger partial charge in [-0.1, -0.05) is 5.21 Å². The zero-order valence-corrected chi connectivity index (χ0v) is 10.9. The number of thiazole rings is 1. The molecule has 1 N–H and O–H groups in total. The Hall–Kier alpha value is -1.90. The summed E-state index contributed by atoms with van der Waals surface area (Å²) in [6, 6.07) is 0. The summed E-state index contributed by atoms with van der Waals surface area (Å²) in [6.07, 6.45) is -2.64. The molecule has 0 radical (unpaired) electrons. The minimum Gasteiger partial charge on any atom is -0.476 e. The third-order valence-corrected chi connectivity index (χ3v) is 3.45. The fraction of sp³-hybridized carbons (Fsp3) is 0.400. The second-order valence-electron chi connectivity index (χ2n) is 3.81. The molecule has 0 spiro atoms. The average Bonchev–Trinajstić information content (AvgIpc) is 2.81. The van der Waals surface area contributed by atoms with Gasteiger partial charge < -0.3 is 5.11 Å². The van der Waals surface area contributed by atoms with E-state index in [9.17, 15) is 13.6 Å². The lowest BCUT2D eigenvalue weighted by atomic mass is 10.2. The summed E-state index contributed by atoms with van der Waals surface area (Å²) < 4.78 is 25.9. The van der Waals surface area contributed by atoms with Gasteiger partial charge in [0.15, 0.2) is 5.69 Å². The van der Waals surface area contributed by atoms with Crippen molar-refractivity contribution in [3.05, 3.63) is 16.4 Å². The highest BCUT2D eigenvalue weighted by atomic mass is 32.1. The zero-order valence-electron chi connectivity index (χ0n) is 10.1. The van der Waals surface area contributed by atoms with Gasteiger partial charge in [-0.25, -0.2) is 23.2 Å². The molecule has 0 aliphatic heterocycles. The quantitative estimate of drug-likeness (QED) is 0.930. The summed E-state index contributed by atoms with van der Waals surface area (Å²) in [5.74, 6) is -1.30. The Kier molecular flexibility index (Phi) is 3.56. The summed E-state index contributed by atoms with van der Waals surface area (Å²) in [5, 5.41) is 16.7. The van der Waals surface area contributed by atoms with Crippen LogP contribution in [0.3, 0.4) is 0 Å². The number of nitrogens with zero attached hydrogens (tertiary/aromatic N) is 4. The van der Waals surface area contributed by atoms with Crippen molar-refractivity contribution in [2.45, 2.75) is 26.8 Å². The van der Waals surface area contributed by atoms with Gasteiger partial charge in [0.1, 0.15) is 12.2 Å². The van der Waals surface area contributed by atoms with Gasteiger partial charge >= 0.3 is 5.97 Å². The van der Waals surface area contributed by atoms with Crippen molar-refractivity contribution >= 4 is 17.3 Å². The van der Waals surface area contributed by atoms with Crippen LogP contribution in [0.4, 0.5) is 8.78 Å². The van der Waals surface area contributed by atoms with Crippen LogP contribution < -0.4 is 0 Å². The number of aryl methyl sites for hydroxylation is 2. The number of halogens is 2. The molecule has 0 amide bonds. The molecule has 0 fully saturated rings. The molecule has 9 heteroatoms. The lowest BCUT2D eigenvalue weighted by Gasteiger charge is -2.05. The monoisotopic (exact) mass is 288 g/mol. The van der Waals surface area contributed by atoms with Crippen molar-refractivity contribution in [1.82, 2.24) is 20.0 Å². The number of carboxylic acid groups (broad SMARTS) is 1. The van der Waals surface area contributed by atoms with Gasteiger partial charge in [0.25, 0.3) is 6.43 Å². The van der Waals surface area contributed by atoms with Crippen molar-refractivity contribution in [3.63, 3.8) is 0 Å². The first kappa shape index (κ1) is 13.5. The van der Waals surface area contributed by atoms with Gasteiger partial charge in [0.2, 0.25) is 0 Å². The van der Waals surface area contributed by atoms with Crippen molar-refractivity contribution in [1.29, 1.82) is 0 Å². The summed E-state index contributed by atoms with van der Waals surface area (Å²) in [4.78, 5) is 15.8. The summed E-state index contributed by atoms with van der Waals surface area (Å²) in [5.41, 5.74) is 0.311. The molecule has 0 aromatic carbocycles. The minimum absolute atomic E-state index is 0.0795. The van der Waals surface area contributed by atoms with Crippen LogP contribution in [-0.2, 0) is 6.54 Å². The van der Waals surface area contributed by atoms with E-state index in [-0.39, 0.29) is 11.4 Å². The fourth-order valence-corrected chi connectivity index (χ4v) is 2.66. The maximum absolute atomic E-state index is 12.5. The van der Waals surface area contributed by atoms with Crippen LogP contribution in [0.1, 0.15) is 21.2 Å². The predicted molar refractivity (Wildman–Crippen MR) is 63.6 cm³/mol. The van der Waals surface area contributed by atoms with Crippen LogP contribution in [0.2, 0.25) is 0 Å². The van der Waals surface area contributed by atoms with Gasteiger partial charge in [0.05, 0.1) is 15.6 Å². The maximum atomic E-state index is 12.5. The third-order valence-electron chi connectivity index (χ3n) is 2.37. The van der Waals surface area contributed by atoms with Crippen LogP contribution in [0.15, 0.2) is 0 Å². The first-order valence-electron chi connectivity index (χ1n) is 5.29. The molecule has 2 rings (SSSR count). The lowest BCUT2D eigenvalue weighted by Crippen LogP contribution is -2.10. The molecule has 0 saturated carbocycles. The van der Waals surface area contributed by atoms with Crippen LogP contribution >= 0.6 is 11.3 Å². The van der Waals surface area contributed by atoms with E-state index >= 15 is 0 Å². The molecule has 0 aliphatic rings. The molecule has 2 heterocycles. The van der Waals surface area contributed by atoms with Crippen LogP contribution in [0.25, 0.3) is 10.6 Å². The van der Waals surface area contributed by atoms with E-state index in [0.717, 1.165) is 4.68 Å². The van der Waals surface area contributed by atoms with Gasteiger partial charge in [-0.15, -0.1) is 16.4 Å². The van der Waals surface area contributed by atoms with Crippen LogP contribution in [-0.4, -0.2) is 37.5 Å². The third kappa shape index (κ3) is 2.60. The number of aromatic nitrogens is 4. The largest absolute Gasteiger partial charge is 0.476 e. The van der Waals surface area contributed by atoms with Crippen LogP contribution in [0, 0.1) is 13.8 Å². The summed E-state index contributed by atoms with van der Waals surface area (Å²) in [7, 11) is 0. The Morgan fingerprint density at radius 1 is 1.47 bits per heavy atom. The molecule has 0 bridgehead atoms. The minimum atomic E-state index is -2.64. The van der Waals surface area contributed by atoms with Gasteiger partial charge in [-0.05, 0) is 13.8 Å². The summed E-state index contributed by atoms with van der Waals surface area (Å²) in [6.45, 7) is 2.74. The van der Waals surface area contributed by atoms with E-state index in [2.05, 4.69) is 15.3 Å². The Morgan fingerprint density at radius 2 is 2.16 bits per heavy atom. The number of alkyl halides is 2. The normalized spacial score (nSPS) is 11.2. The molecular formula is C10H10F2N4O2S. The standard InChI is InChI=1S/C10H10F2N4O2S/c1-4-9(19-5(2)13-4)8-7(10(17)18)14-15-16(8)3-6(11)12/h6H,3H2,1-2H3,(H,17,18). The van der Waals surface area contributed by atoms with E-state index in [0.29, 0.717) is 15.6 Å². The molecule has 0 saturated heterocycles. The van der Waals surface area contributed by atoms with Crippen molar-refractivity contribution in [2.24, 2.45) is 0 Å². The number of carbonyl (C=O) groups is 1. The number of rotatable bonds is 4. The molecule has 0 atom stereocenters. The molecule has 0 aliphatic carbocycles. The average molecular weight is 288 g/mol. The van der Waals surface area contributed by atoms with Crippen LogP contribution in [0.5, 0.6) is 0 Å². The highest BCUT2D eigenvalue weighted by Gasteiger charge is 2.25. The van der Waals surface area contributed by atoms with E-state index in [1.165, 1.54) is 11.3 Å². The Morgan fingerprint density at radius 3 is 2.63 bits per heavy atom. The Balaban J connectivity index is 2.61. The fourth-order valence-electron chi connectivity index (χ4n) is 1.69. The second kappa shape index (κ2) is 5.00. The number of hydrogen-bond donors (Lipinski definition) is 1. The summed E-state index contributed by atoms with van der Waals surface area (Å²) >= 11 is 1.22. The molecule has 2 aromatic heterocycles. The Labute approximate surface area is 110 Å². The predicted octanol–water partition coefficient (Wildman–Crippen LogP) is 1.98. The first-order chi connectivity index (χ1) is 8.90. The molecule has 102 valence electrons. The van der Waals surface area contributed by atoms with E-state index in [4.69, 9.17) is 5.11 Å². The van der Waals surface area contributed by atoms with E-state index in [1.54, 1.807) is 13.8 Å². The topological polar surface area (TPSA) is 80.9 Å². The highest BCUT2D eigenvalue weighted by molar-refractivity contribution is 7.15. The molecule has 0 unspecified atom stereocenters. The van der Waals surface area contributed by atoms with Crippen molar-refractivity contribution < 1.29 is 18.7 Å². The van der Waals surface area contributed by atoms with Gasteiger partial charge in [0, 0.05) is 0 Å². The van der Waals surface area contributed by atoms with Gasteiger partial charge in [-0.3, -0.25) is 0 Å². The first-order valence-corrected chi connectivity index (χ1v) is 6.11. The van der Waals surface area contributed by atoms with Crippen molar-refractivity contribution in [3.8, 4) is 10.6 Å². The lowest BCUT2D eigenvalue weighted by molar-refractivity contribution is 0.0691. The highest BCUT2D eigenvalue weighted by Crippen LogP contribution is 2.31. The molecule has 6 nitrogen and oxygen atoms in total. The molecular weight excluding hydrogens is 278 g/mol.